The minimum Gasteiger partial charge on any atom is -0.300 e. The van der Waals surface area contributed by atoms with Crippen LogP contribution in [0.2, 0.25) is 0 Å². The zero-order valence-electron chi connectivity index (χ0n) is 17.2. The van der Waals surface area contributed by atoms with Gasteiger partial charge in [0, 0.05) is 22.0 Å². The maximum Gasteiger partial charge on any atom is 0.451 e. The smallest absolute Gasteiger partial charge is 0.300 e. The normalized spacial score (nSPS) is 13.5. The molecular weight excluding hydrogens is 424 g/mol. The molecular formula is C24H20F3O3P. The molecule has 3 aromatic rings. The molecule has 0 amide bonds. The lowest BCUT2D eigenvalue weighted by Crippen LogP contribution is -2.27. The highest BCUT2D eigenvalue weighted by Crippen LogP contribution is 2.62. The lowest BCUT2D eigenvalue weighted by Gasteiger charge is -2.23. The van der Waals surface area contributed by atoms with Gasteiger partial charge in [-0.3, -0.25) is 9.59 Å². The van der Waals surface area contributed by atoms with E-state index in [0.29, 0.717) is 11.1 Å². The molecule has 7 heteroatoms. The number of carbonyl (C=O) groups excluding carboxylic acids is 2. The van der Waals surface area contributed by atoms with Gasteiger partial charge in [-0.15, -0.1) is 0 Å². The summed E-state index contributed by atoms with van der Waals surface area (Å²) < 4.78 is 55.4. The third-order valence-corrected chi connectivity index (χ3v) is 7.75. The molecule has 0 bridgehead atoms. The van der Waals surface area contributed by atoms with Crippen molar-refractivity contribution in [2.45, 2.75) is 26.7 Å². The number of halogens is 3. The SMILES string of the molecule is Cc1cc(C)c(C(=O)P(=O)(c2ccccc2)C(F)(F)F)c(C)c1C(=O)c1ccccc1. The second-order valence-corrected chi connectivity index (χ2v) is 9.95. The van der Waals surface area contributed by atoms with Crippen LogP contribution in [0.15, 0.2) is 66.7 Å². The van der Waals surface area contributed by atoms with Gasteiger partial charge in [0.05, 0.1) is 0 Å². The molecule has 0 heterocycles. The van der Waals surface area contributed by atoms with Crippen LogP contribution in [0, 0.1) is 20.8 Å². The molecule has 0 spiro atoms. The van der Waals surface area contributed by atoms with Crippen LogP contribution in [0.1, 0.15) is 43.0 Å². The first-order valence-electron chi connectivity index (χ1n) is 9.48. The summed E-state index contributed by atoms with van der Waals surface area (Å²) in [7, 11) is -5.51. The molecule has 0 radical (unpaired) electrons. The van der Waals surface area contributed by atoms with Crippen molar-refractivity contribution in [3.63, 3.8) is 0 Å². The second kappa shape index (κ2) is 8.27. The van der Waals surface area contributed by atoms with Gasteiger partial charge in [-0.2, -0.15) is 13.2 Å². The van der Waals surface area contributed by atoms with Crippen molar-refractivity contribution in [1.82, 2.24) is 0 Å². The summed E-state index contributed by atoms with van der Waals surface area (Å²) in [6.45, 7) is 4.57. The van der Waals surface area contributed by atoms with E-state index >= 15 is 0 Å². The number of benzene rings is 3. The van der Waals surface area contributed by atoms with E-state index in [4.69, 9.17) is 0 Å². The van der Waals surface area contributed by atoms with Gasteiger partial charge in [0.15, 0.2) is 5.78 Å². The van der Waals surface area contributed by atoms with Gasteiger partial charge in [-0.25, -0.2) is 0 Å². The quantitative estimate of drug-likeness (QED) is 0.348. The number of alkyl halides is 3. The van der Waals surface area contributed by atoms with Crippen LogP contribution < -0.4 is 5.30 Å². The first-order valence-corrected chi connectivity index (χ1v) is 11.2. The summed E-state index contributed by atoms with van der Waals surface area (Å²) in [6, 6.07) is 15.9. The Morgan fingerprint density at radius 1 is 0.774 bits per heavy atom. The van der Waals surface area contributed by atoms with Crippen molar-refractivity contribution in [1.29, 1.82) is 0 Å². The monoisotopic (exact) mass is 444 g/mol. The van der Waals surface area contributed by atoms with Gasteiger partial charge >= 0.3 is 5.92 Å². The first-order chi connectivity index (χ1) is 14.5. The molecule has 31 heavy (non-hydrogen) atoms. The minimum absolute atomic E-state index is 0.0942. The van der Waals surface area contributed by atoms with E-state index in [-0.39, 0.29) is 22.3 Å². The average molecular weight is 444 g/mol. The Bertz CT molecular complexity index is 1200. The molecule has 160 valence electrons. The molecule has 0 N–H and O–H groups in total. The highest BCUT2D eigenvalue weighted by Gasteiger charge is 2.58. The number of aryl methyl sites for hydroxylation is 2. The molecule has 0 aliphatic heterocycles. The minimum atomic E-state index is -5.51. The van der Waals surface area contributed by atoms with Gasteiger partial charge in [-0.1, -0.05) is 66.7 Å². The fourth-order valence-electron chi connectivity index (χ4n) is 3.77. The van der Waals surface area contributed by atoms with E-state index in [1.54, 1.807) is 37.3 Å². The Morgan fingerprint density at radius 3 is 1.77 bits per heavy atom. The maximum absolute atomic E-state index is 14.0. The number of rotatable bonds is 5. The van der Waals surface area contributed by atoms with Crippen molar-refractivity contribution < 1.29 is 27.3 Å². The van der Waals surface area contributed by atoms with Crippen LogP contribution in [-0.4, -0.2) is 17.2 Å². The van der Waals surface area contributed by atoms with Crippen LogP contribution in [-0.2, 0) is 4.57 Å². The van der Waals surface area contributed by atoms with Crippen LogP contribution in [0.25, 0.3) is 0 Å². The Hall–Kier alpha value is -2.98. The molecule has 1 atom stereocenters. The highest BCUT2D eigenvalue weighted by molar-refractivity contribution is 7.88. The van der Waals surface area contributed by atoms with Crippen molar-refractivity contribution in [2.75, 3.05) is 0 Å². The van der Waals surface area contributed by atoms with Crippen LogP contribution in [0.4, 0.5) is 13.2 Å². The summed E-state index contributed by atoms with van der Waals surface area (Å²) in [5, 5.41) is -0.581. The molecule has 0 aromatic heterocycles. The second-order valence-electron chi connectivity index (χ2n) is 7.30. The summed E-state index contributed by atoms with van der Waals surface area (Å²) in [5.41, 5.74) is -0.485. The van der Waals surface area contributed by atoms with E-state index in [2.05, 4.69) is 0 Å². The molecule has 0 fully saturated rings. The van der Waals surface area contributed by atoms with Gasteiger partial charge in [0.1, 0.15) is 0 Å². The van der Waals surface area contributed by atoms with Gasteiger partial charge in [0.25, 0.3) is 7.14 Å². The third kappa shape index (κ3) is 3.88. The first kappa shape index (κ1) is 22.7. The van der Waals surface area contributed by atoms with Crippen molar-refractivity contribution in [3.8, 4) is 0 Å². The fourth-order valence-corrected chi connectivity index (χ4v) is 5.78. The molecule has 3 nitrogen and oxygen atoms in total. The highest BCUT2D eigenvalue weighted by atomic mass is 31.2. The van der Waals surface area contributed by atoms with Crippen molar-refractivity contribution in [2.24, 2.45) is 0 Å². The zero-order chi connectivity index (χ0) is 23.0. The van der Waals surface area contributed by atoms with Crippen LogP contribution in [0.3, 0.4) is 0 Å². The summed E-state index contributed by atoms with van der Waals surface area (Å²) in [5.74, 6) is -5.68. The number of hydrogen-bond acceptors (Lipinski definition) is 3. The molecule has 0 aliphatic rings. The Balaban J connectivity index is 2.26. The van der Waals surface area contributed by atoms with Crippen LogP contribution >= 0.6 is 7.14 Å². The van der Waals surface area contributed by atoms with E-state index in [0.717, 1.165) is 12.1 Å². The molecule has 3 rings (SSSR count). The van der Waals surface area contributed by atoms with E-state index in [1.165, 1.54) is 38.1 Å². The number of hydrogen-bond donors (Lipinski definition) is 0. The summed E-state index contributed by atoms with van der Waals surface area (Å²) in [4.78, 5) is 26.4. The van der Waals surface area contributed by atoms with E-state index in [9.17, 15) is 27.3 Å². The van der Waals surface area contributed by atoms with Crippen molar-refractivity contribution in [3.05, 3.63) is 100 Å². The Morgan fingerprint density at radius 2 is 1.26 bits per heavy atom. The molecule has 3 aromatic carbocycles. The van der Waals surface area contributed by atoms with Crippen molar-refractivity contribution >= 4 is 23.8 Å². The average Bonchev–Trinajstić information content (AvgIpc) is 2.73. The summed E-state index contributed by atoms with van der Waals surface area (Å²) in [6.07, 6.45) is 0. The number of ketones is 1. The zero-order valence-corrected chi connectivity index (χ0v) is 18.1. The van der Waals surface area contributed by atoms with Gasteiger partial charge < -0.3 is 4.57 Å². The predicted octanol–water partition coefficient (Wildman–Crippen LogP) is 6.19. The maximum atomic E-state index is 14.0. The van der Waals surface area contributed by atoms with Crippen LogP contribution in [0.5, 0.6) is 0 Å². The van der Waals surface area contributed by atoms with Gasteiger partial charge in [0.2, 0.25) is 5.52 Å². The fraction of sp³-hybridized carbons (Fsp3) is 0.167. The van der Waals surface area contributed by atoms with E-state index < -0.39 is 29.7 Å². The molecule has 0 saturated heterocycles. The Kier molecular flexibility index (Phi) is 6.06. The Labute approximate surface area is 178 Å². The van der Waals surface area contributed by atoms with E-state index in [1.807, 2.05) is 0 Å². The lowest BCUT2D eigenvalue weighted by atomic mass is 9.89. The molecule has 0 aliphatic carbocycles. The third-order valence-electron chi connectivity index (χ3n) is 5.21. The lowest BCUT2D eigenvalue weighted by molar-refractivity contribution is -0.0442. The number of carbonyl (C=O) groups is 2. The standard InChI is InChI=1S/C24H20F3O3P/c1-15-14-16(2)21(17(3)20(15)22(28)18-10-6-4-7-11-18)23(29)31(30,24(25,26)27)19-12-8-5-9-13-19/h4-14H,1-3H3. The molecule has 1 unspecified atom stereocenters. The van der Waals surface area contributed by atoms with Gasteiger partial charge in [-0.05, 0) is 37.5 Å². The predicted molar refractivity (Wildman–Crippen MR) is 115 cm³/mol. The molecule has 0 saturated carbocycles. The summed E-state index contributed by atoms with van der Waals surface area (Å²) >= 11 is 0. The topological polar surface area (TPSA) is 51.2 Å². The largest absolute Gasteiger partial charge is 0.451 e.